The van der Waals surface area contributed by atoms with E-state index in [1.165, 1.54) is 0 Å². The van der Waals surface area contributed by atoms with Crippen molar-refractivity contribution in [1.82, 2.24) is 4.98 Å². The summed E-state index contributed by atoms with van der Waals surface area (Å²) in [4.78, 5) is 32.2. The van der Waals surface area contributed by atoms with E-state index >= 15 is 0 Å². The summed E-state index contributed by atoms with van der Waals surface area (Å²) in [7, 11) is -3.99. The van der Waals surface area contributed by atoms with Crippen LogP contribution in [-0.4, -0.2) is 31.1 Å². The predicted molar refractivity (Wildman–Crippen MR) is 54.0 cm³/mol. The van der Waals surface area contributed by atoms with Crippen LogP contribution in [-0.2, 0) is 9.22 Å². The van der Waals surface area contributed by atoms with Crippen LogP contribution in [0.3, 0.4) is 0 Å². The number of carbonyl (C=O) groups is 1. The highest BCUT2D eigenvalue weighted by atomic mass is 28.4. The average Bonchev–Trinajstić information content (AvgIpc) is 2.00. The van der Waals surface area contributed by atoms with E-state index in [-0.39, 0.29) is 11.8 Å². The molecule has 84 valence electrons. The third kappa shape index (κ3) is 6.09. The minimum absolute atomic E-state index is 0.263. The van der Waals surface area contributed by atoms with E-state index in [0.717, 1.165) is 0 Å². The van der Waals surface area contributed by atoms with Crippen molar-refractivity contribution in [3.63, 3.8) is 0 Å². The Balaban J connectivity index is 4.00. The highest BCUT2D eigenvalue weighted by Gasteiger charge is 2.38. The van der Waals surface area contributed by atoms with E-state index < -0.39 is 14.9 Å². The van der Waals surface area contributed by atoms with E-state index in [1.54, 1.807) is 13.8 Å². The maximum Gasteiger partial charge on any atom is 0.661 e. The molecule has 0 saturated carbocycles. The van der Waals surface area contributed by atoms with Crippen molar-refractivity contribution in [2.45, 2.75) is 27.7 Å². The van der Waals surface area contributed by atoms with Gasteiger partial charge in [-0.2, -0.15) is 0 Å². The Labute approximate surface area is 85.5 Å². The molecule has 0 radical (unpaired) electrons. The third-order valence-corrected chi connectivity index (χ3v) is 2.61. The number of hydrogen-bond donors (Lipinski definition) is 3. The fourth-order valence-corrected chi connectivity index (χ4v) is 1.89. The molecule has 0 amide bonds. The summed E-state index contributed by atoms with van der Waals surface area (Å²) in [6, 6.07) is 0. The zero-order valence-electron chi connectivity index (χ0n) is 9.07. The Morgan fingerprint density at radius 3 is 2.21 bits per heavy atom. The van der Waals surface area contributed by atoms with Crippen molar-refractivity contribution >= 4 is 14.9 Å². The first-order valence-electron chi connectivity index (χ1n) is 4.67. The zero-order chi connectivity index (χ0) is 11.4. The molecule has 0 aromatic rings. The fourth-order valence-electron chi connectivity index (χ4n) is 0.631. The molecule has 0 aliphatic rings. The Bertz CT molecular complexity index is 194. The van der Waals surface area contributed by atoms with Gasteiger partial charge in [0.2, 0.25) is 0 Å². The van der Waals surface area contributed by atoms with Gasteiger partial charge in [-0.15, -0.1) is 0 Å². The van der Waals surface area contributed by atoms with Crippen molar-refractivity contribution in [2.75, 3.05) is 6.54 Å². The standard InChI is InChI=1S/C8H19NO4Si/c1-6(2)5-9-14(11,12)13-8(10)7(3)4/h6-7,9,11-12H,5H2,1-4H3. The summed E-state index contributed by atoms with van der Waals surface area (Å²) in [5.41, 5.74) is 0. The lowest BCUT2D eigenvalue weighted by Gasteiger charge is -2.20. The van der Waals surface area contributed by atoms with Crippen LogP contribution in [0, 0.1) is 11.8 Å². The van der Waals surface area contributed by atoms with Crippen molar-refractivity contribution < 1.29 is 18.8 Å². The molecule has 0 heterocycles. The Hall–Kier alpha value is -0.433. The molecule has 0 spiro atoms. The number of hydrogen-bond acceptors (Lipinski definition) is 5. The van der Waals surface area contributed by atoms with Gasteiger partial charge in [0.1, 0.15) is 0 Å². The third-order valence-electron chi connectivity index (χ3n) is 1.45. The maximum absolute atomic E-state index is 11.1. The predicted octanol–water partition coefficient (Wildman–Crippen LogP) is -0.149. The summed E-state index contributed by atoms with van der Waals surface area (Å²) < 4.78 is 4.55. The lowest BCUT2D eigenvalue weighted by Crippen LogP contribution is -2.57. The monoisotopic (exact) mass is 221 g/mol. The number of rotatable bonds is 5. The molecule has 0 bridgehead atoms. The van der Waals surface area contributed by atoms with Gasteiger partial charge in [-0.3, -0.25) is 9.78 Å². The van der Waals surface area contributed by atoms with Gasteiger partial charge in [-0.05, 0) is 12.5 Å². The molecule has 0 fully saturated rings. The SMILES string of the molecule is CC(C)CN[Si](O)(O)OC(=O)C(C)C. The second-order valence-electron chi connectivity index (χ2n) is 3.96. The molecule has 0 atom stereocenters. The first-order valence-corrected chi connectivity index (χ1v) is 6.47. The van der Waals surface area contributed by atoms with E-state index in [4.69, 9.17) is 0 Å². The molecule has 3 N–H and O–H groups in total. The lowest BCUT2D eigenvalue weighted by atomic mass is 10.2. The Morgan fingerprint density at radius 1 is 1.36 bits per heavy atom. The highest BCUT2D eigenvalue weighted by molar-refractivity contribution is 6.56. The number of carbonyl (C=O) groups excluding carboxylic acids is 1. The topological polar surface area (TPSA) is 78.8 Å². The van der Waals surface area contributed by atoms with Crippen molar-refractivity contribution in [1.29, 1.82) is 0 Å². The largest absolute Gasteiger partial charge is 0.661 e. The molecule has 0 aliphatic heterocycles. The van der Waals surface area contributed by atoms with Crippen molar-refractivity contribution in [3.8, 4) is 0 Å². The van der Waals surface area contributed by atoms with E-state index in [1.807, 2.05) is 13.8 Å². The molecule has 6 heteroatoms. The minimum Gasteiger partial charge on any atom is -0.461 e. The average molecular weight is 221 g/mol. The van der Waals surface area contributed by atoms with Crippen LogP contribution in [0.25, 0.3) is 0 Å². The van der Waals surface area contributed by atoms with Crippen LogP contribution in [0.1, 0.15) is 27.7 Å². The molecule has 5 nitrogen and oxygen atoms in total. The second kappa shape index (κ2) is 5.45. The summed E-state index contributed by atoms with van der Waals surface area (Å²) in [6.45, 7) is 7.51. The van der Waals surface area contributed by atoms with Gasteiger partial charge in [0.25, 0.3) is 5.97 Å². The van der Waals surface area contributed by atoms with Crippen LogP contribution in [0.5, 0.6) is 0 Å². The van der Waals surface area contributed by atoms with Crippen LogP contribution >= 0.6 is 0 Å². The Kier molecular flexibility index (Phi) is 5.28. The van der Waals surface area contributed by atoms with Crippen molar-refractivity contribution in [2.24, 2.45) is 11.8 Å². The van der Waals surface area contributed by atoms with Gasteiger partial charge >= 0.3 is 8.97 Å². The van der Waals surface area contributed by atoms with E-state index in [2.05, 4.69) is 9.41 Å². The minimum atomic E-state index is -3.99. The van der Waals surface area contributed by atoms with Crippen molar-refractivity contribution in [3.05, 3.63) is 0 Å². The lowest BCUT2D eigenvalue weighted by molar-refractivity contribution is -0.141. The first kappa shape index (κ1) is 13.6. The van der Waals surface area contributed by atoms with Crippen LogP contribution in [0.2, 0.25) is 0 Å². The van der Waals surface area contributed by atoms with Crippen LogP contribution in [0.4, 0.5) is 0 Å². The van der Waals surface area contributed by atoms with Gasteiger partial charge in [-0.1, -0.05) is 27.7 Å². The second-order valence-corrected chi connectivity index (χ2v) is 5.73. The fraction of sp³-hybridized carbons (Fsp3) is 0.875. The summed E-state index contributed by atoms with van der Waals surface area (Å²) in [5.74, 6) is -0.695. The summed E-state index contributed by atoms with van der Waals surface area (Å²) >= 11 is 0. The molecule has 0 aromatic carbocycles. The van der Waals surface area contributed by atoms with Crippen LogP contribution in [0.15, 0.2) is 0 Å². The Morgan fingerprint density at radius 2 is 1.86 bits per heavy atom. The molecule has 14 heavy (non-hydrogen) atoms. The molecule has 0 rings (SSSR count). The quantitative estimate of drug-likeness (QED) is 0.563. The van der Waals surface area contributed by atoms with Gasteiger partial charge in [0, 0.05) is 0 Å². The molecule has 0 aromatic heterocycles. The van der Waals surface area contributed by atoms with Gasteiger partial charge in [-0.25, -0.2) is 0 Å². The maximum atomic E-state index is 11.1. The molecular weight excluding hydrogens is 202 g/mol. The summed E-state index contributed by atoms with van der Waals surface area (Å²) in [5, 5.41) is 0. The number of nitrogens with one attached hydrogen (secondary N) is 1. The molecule has 0 aliphatic carbocycles. The van der Waals surface area contributed by atoms with Gasteiger partial charge in [0.15, 0.2) is 0 Å². The van der Waals surface area contributed by atoms with E-state index in [0.29, 0.717) is 6.54 Å². The zero-order valence-corrected chi connectivity index (χ0v) is 10.1. The molecule has 0 saturated heterocycles. The van der Waals surface area contributed by atoms with Crippen LogP contribution < -0.4 is 4.98 Å². The molecule has 0 unspecified atom stereocenters. The first-order chi connectivity index (χ1) is 6.24. The summed E-state index contributed by atoms with van der Waals surface area (Å²) in [6.07, 6.45) is 0. The molecular formula is C8H19NO4Si. The highest BCUT2D eigenvalue weighted by Crippen LogP contribution is 2.01. The smallest absolute Gasteiger partial charge is 0.461 e. The van der Waals surface area contributed by atoms with Gasteiger partial charge in [0.05, 0.1) is 5.92 Å². The van der Waals surface area contributed by atoms with E-state index in [9.17, 15) is 14.4 Å². The van der Waals surface area contributed by atoms with Gasteiger partial charge < -0.3 is 14.0 Å². The normalized spacial score (nSPS) is 12.3.